The molecule has 0 saturated carbocycles. The van der Waals surface area contributed by atoms with E-state index < -0.39 is 6.04 Å². The van der Waals surface area contributed by atoms with Crippen LogP contribution in [0, 0.1) is 6.92 Å². The Morgan fingerprint density at radius 1 is 1.43 bits per heavy atom. The SMILES string of the molecule is COc1ccc(NC(C)C(=O)Nc2cc(C)on2)cc1Cl. The molecule has 1 unspecified atom stereocenters. The largest absolute Gasteiger partial charge is 0.495 e. The van der Waals surface area contributed by atoms with Crippen LogP contribution in [0.25, 0.3) is 0 Å². The number of methoxy groups -OCH3 is 1. The Balaban J connectivity index is 1.98. The Hall–Kier alpha value is -2.21. The van der Waals surface area contributed by atoms with Gasteiger partial charge in [0.25, 0.3) is 0 Å². The molecule has 2 rings (SSSR count). The first-order valence-corrected chi connectivity index (χ1v) is 6.71. The molecule has 112 valence electrons. The van der Waals surface area contributed by atoms with E-state index in [2.05, 4.69) is 15.8 Å². The number of anilines is 2. The van der Waals surface area contributed by atoms with Gasteiger partial charge in [-0.1, -0.05) is 16.8 Å². The van der Waals surface area contributed by atoms with E-state index in [9.17, 15) is 4.79 Å². The number of benzene rings is 1. The maximum Gasteiger partial charge on any atom is 0.247 e. The number of amides is 1. The molecule has 6 nitrogen and oxygen atoms in total. The molecule has 21 heavy (non-hydrogen) atoms. The van der Waals surface area contributed by atoms with E-state index in [1.807, 2.05) is 0 Å². The highest BCUT2D eigenvalue weighted by atomic mass is 35.5. The summed E-state index contributed by atoms with van der Waals surface area (Å²) < 4.78 is 9.96. The van der Waals surface area contributed by atoms with Crippen molar-refractivity contribution >= 4 is 29.0 Å². The summed E-state index contributed by atoms with van der Waals surface area (Å²) in [6.07, 6.45) is 0. The van der Waals surface area contributed by atoms with Crippen molar-refractivity contribution in [3.05, 3.63) is 35.0 Å². The normalized spacial score (nSPS) is 11.8. The van der Waals surface area contributed by atoms with Gasteiger partial charge in [0.2, 0.25) is 5.91 Å². The Morgan fingerprint density at radius 3 is 2.76 bits per heavy atom. The van der Waals surface area contributed by atoms with Crippen LogP contribution >= 0.6 is 11.6 Å². The minimum Gasteiger partial charge on any atom is -0.495 e. The van der Waals surface area contributed by atoms with Crippen molar-refractivity contribution in [3.8, 4) is 5.75 Å². The van der Waals surface area contributed by atoms with E-state index in [0.29, 0.717) is 22.4 Å². The zero-order valence-electron chi connectivity index (χ0n) is 11.9. The van der Waals surface area contributed by atoms with Crippen LogP contribution in [-0.2, 0) is 4.79 Å². The summed E-state index contributed by atoms with van der Waals surface area (Å²) in [5, 5.41) is 9.89. The molecular weight excluding hydrogens is 294 g/mol. The van der Waals surface area contributed by atoms with Crippen LogP contribution in [0.1, 0.15) is 12.7 Å². The van der Waals surface area contributed by atoms with Crippen LogP contribution in [0.5, 0.6) is 5.75 Å². The zero-order valence-corrected chi connectivity index (χ0v) is 12.7. The van der Waals surface area contributed by atoms with Gasteiger partial charge in [-0.05, 0) is 32.0 Å². The highest BCUT2D eigenvalue weighted by Crippen LogP contribution is 2.27. The molecule has 1 heterocycles. The van der Waals surface area contributed by atoms with Crippen LogP contribution in [-0.4, -0.2) is 24.2 Å². The second-order valence-corrected chi connectivity index (χ2v) is 4.93. The quantitative estimate of drug-likeness (QED) is 0.887. The fourth-order valence-electron chi connectivity index (χ4n) is 1.73. The van der Waals surface area contributed by atoms with Crippen LogP contribution in [0.2, 0.25) is 5.02 Å². The van der Waals surface area contributed by atoms with Gasteiger partial charge in [0.15, 0.2) is 5.82 Å². The Kier molecular flexibility index (Phi) is 4.70. The van der Waals surface area contributed by atoms with Crippen molar-refractivity contribution in [2.75, 3.05) is 17.7 Å². The highest BCUT2D eigenvalue weighted by Gasteiger charge is 2.15. The third-order valence-corrected chi connectivity index (χ3v) is 3.10. The fraction of sp³-hybridized carbons (Fsp3) is 0.286. The summed E-state index contributed by atoms with van der Waals surface area (Å²) in [6.45, 7) is 3.49. The number of nitrogens with one attached hydrogen (secondary N) is 2. The van der Waals surface area contributed by atoms with Gasteiger partial charge in [0.05, 0.1) is 12.1 Å². The van der Waals surface area contributed by atoms with Crippen molar-refractivity contribution in [2.24, 2.45) is 0 Å². The first kappa shape index (κ1) is 15.2. The summed E-state index contributed by atoms with van der Waals surface area (Å²) in [5.74, 6) is 1.37. The molecule has 1 amide bonds. The van der Waals surface area contributed by atoms with Gasteiger partial charge in [-0.15, -0.1) is 0 Å². The molecule has 0 spiro atoms. The molecule has 0 bridgehead atoms. The third kappa shape index (κ3) is 3.88. The lowest BCUT2D eigenvalue weighted by Gasteiger charge is -2.15. The number of aryl methyl sites for hydroxylation is 1. The predicted octanol–water partition coefficient (Wildman–Crippen LogP) is 3.08. The standard InChI is InChI=1S/C14H16ClN3O3/c1-8-6-13(18-21-8)17-14(19)9(2)16-10-4-5-12(20-3)11(15)7-10/h4-7,9,16H,1-3H3,(H,17,18,19). The van der Waals surface area contributed by atoms with Crippen LogP contribution in [0.4, 0.5) is 11.5 Å². The molecule has 2 N–H and O–H groups in total. The van der Waals surface area contributed by atoms with Crippen molar-refractivity contribution in [2.45, 2.75) is 19.9 Å². The van der Waals surface area contributed by atoms with Gasteiger partial charge in [-0.3, -0.25) is 4.79 Å². The summed E-state index contributed by atoms with van der Waals surface area (Å²) >= 11 is 6.04. The van der Waals surface area contributed by atoms with Gasteiger partial charge in [0, 0.05) is 11.8 Å². The summed E-state index contributed by atoms with van der Waals surface area (Å²) in [6, 6.07) is 6.40. The zero-order chi connectivity index (χ0) is 15.4. The monoisotopic (exact) mass is 309 g/mol. The molecule has 0 fully saturated rings. The number of hydrogen-bond acceptors (Lipinski definition) is 5. The second kappa shape index (κ2) is 6.49. The number of ether oxygens (including phenoxy) is 1. The van der Waals surface area contributed by atoms with Gasteiger partial charge in [-0.25, -0.2) is 0 Å². The molecule has 2 aromatic rings. The molecule has 0 radical (unpaired) electrons. The highest BCUT2D eigenvalue weighted by molar-refractivity contribution is 6.32. The summed E-state index contributed by atoms with van der Waals surface area (Å²) in [4.78, 5) is 12.0. The third-order valence-electron chi connectivity index (χ3n) is 2.81. The van der Waals surface area contributed by atoms with Crippen LogP contribution in [0.15, 0.2) is 28.8 Å². The van der Waals surface area contributed by atoms with Crippen LogP contribution in [0.3, 0.4) is 0 Å². The lowest BCUT2D eigenvalue weighted by molar-refractivity contribution is -0.116. The van der Waals surface area contributed by atoms with Gasteiger partial charge in [0.1, 0.15) is 17.6 Å². The summed E-state index contributed by atoms with van der Waals surface area (Å²) in [5.41, 5.74) is 0.722. The molecule has 0 aliphatic carbocycles. The maximum absolute atomic E-state index is 12.0. The van der Waals surface area contributed by atoms with E-state index in [1.165, 1.54) is 0 Å². The Labute approximate surface area is 127 Å². The molecule has 7 heteroatoms. The predicted molar refractivity (Wildman–Crippen MR) is 81.0 cm³/mol. The molecule has 1 aromatic heterocycles. The van der Waals surface area contributed by atoms with Crippen molar-refractivity contribution in [1.29, 1.82) is 0 Å². The lowest BCUT2D eigenvalue weighted by atomic mass is 10.2. The van der Waals surface area contributed by atoms with E-state index in [4.69, 9.17) is 20.9 Å². The molecular formula is C14H16ClN3O3. The number of halogens is 1. The number of aromatic nitrogens is 1. The minimum absolute atomic E-state index is 0.227. The average Bonchev–Trinajstić information content (AvgIpc) is 2.84. The topological polar surface area (TPSA) is 76.4 Å². The van der Waals surface area contributed by atoms with Gasteiger partial charge in [-0.2, -0.15) is 0 Å². The van der Waals surface area contributed by atoms with E-state index in [1.54, 1.807) is 45.2 Å². The average molecular weight is 310 g/mol. The number of nitrogens with zero attached hydrogens (tertiary/aromatic N) is 1. The number of rotatable bonds is 5. The number of hydrogen-bond donors (Lipinski definition) is 2. The summed E-state index contributed by atoms with van der Waals surface area (Å²) in [7, 11) is 1.55. The number of carbonyl (C=O) groups excluding carboxylic acids is 1. The molecule has 0 aliphatic rings. The van der Waals surface area contributed by atoms with E-state index in [-0.39, 0.29) is 5.91 Å². The molecule has 1 atom stereocenters. The van der Waals surface area contributed by atoms with E-state index >= 15 is 0 Å². The molecule has 0 saturated heterocycles. The van der Waals surface area contributed by atoms with E-state index in [0.717, 1.165) is 5.69 Å². The van der Waals surface area contributed by atoms with Crippen LogP contribution < -0.4 is 15.4 Å². The maximum atomic E-state index is 12.0. The number of carbonyl (C=O) groups is 1. The van der Waals surface area contributed by atoms with Gasteiger partial charge >= 0.3 is 0 Å². The fourth-order valence-corrected chi connectivity index (χ4v) is 1.99. The van der Waals surface area contributed by atoms with Gasteiger partial charge < -0.3 is 19.9 Å². The Morgan fingerprint density at radius 2 is 2.19 bits per heavy atom. The lowest BCUT2D eigenvalue weighted by Crippen LogP contribution is -2.31. The van der Waals surface area contributed by atoms with Crippen molar-refractivity contribution in [1.82, 2.24) is 5.16 Å². The first-order valence-electron chi connectivity index (χ1n) is 6.34. The second-order valence-electron chi connectivity index (χ2n) is 4.53. The Bertz CT molecular complexity index is 642. The first-order chi connectivity index (χ1) is 9.99. The smallest absolute Gasteiger partial charge is 0.247 e. The minimum atomic E-state index is -0.466. The van der Waals surface area contributed by atoms with Crippen molar-refractivity contribution in [3.63, 3.8) is 0 Å². The molecule has 0 aliphatic heterocycles. The molecule has 1 aromatic carbocycles. The van der Waals surface area contributed by atoms with Crippen molar-refractivity contribution < 1.29 is 14.1 Å².